The lowest BCUT2D eigenvalue weighted by Gasteiger charge is -2.10. The second kappa shape index (κ2) is 9.22. The maximum atomic E-state index is 5.35. The molecular weight excluding hydrogens is 174 g/mol. The molecule has 0 saturated heterocycles. The van der Waals surface area contributed by atoms with E-state index in [1.165, 1.54) is 18.4 Å². The predicted octanol–water partition coefficient (Wildman–Crippen LogP) is 2.95. The van der Waals surface area contributed by atoms with Crippen LogP contribution < -0.4 is 5.32 Å². The van der Waals surface area contributed by atoms with E-state index in [0.717, 1.165) is 18.9 Å². The third-order valence-electron chi connectivity index (χ3n) is 2.21. The summed E-state index contributed by atoms with van der Waals surface area (Å²) in [5, 5.41) is 2.97. The van der Waals surface area contributed by atoms with Gasteiger partial charge in [0.25, 0.3) is 0 Å². The highest BCUT2D eigenvalue weighted by atomic mass is 16.5. The molecule has 0 bridgehead atoms. The third-order valence-corrected chi connectivity index (χ3v) is 2.21. The van der Waals surface area contributed by atoms with Crippen LogP contribution in [0.25, 0.3) is 0 Å². The molecule has 0 heterocycles. The van der Waals surface area contributed by atoms with Gasteiger partial charge in [0.2, 0.25) is 0 Å². The first-order valence-corrected chi connectivity index (χ1v) is 5.52. The topological polar surface area (TPSA) is 21.3 Å². The Morgan fingerprint density at radius 2 is 2.07 bits per heavy atom. The molecule has 0 aliphatic heterocycles. The normalized spacial score (nSPS) is 12.6. The summed E-state index contributed by atoms with van der Waals surface area (Å²) in [7, 11) is 1.90. The largest absolute Gasteiger partial charge is 0.366 e. The molecule has 2 nitrogen and oxygen atoms in total. The average Bonchev–Trinajstić information content (AvgIpc) is 2.12. The minimum Gasteiger partial charge on any atom is -0.366 e. The third kappa shape index (κ3) is 9.75. The zero-order chi connectivity index (χ0) is 10.8. The molecule has 0 aliphatic carbocycles. The van der Waals surface area contributed by atoms with Crippen LogP contribution >= 0.6 is 0 Å². The maximum absolute atomic E-state index is 5.35. The van der Waals surface area contributed by atoms with Crippen molar-refractivity contribution in [1.82, 2.24) is 5.32 Å². The summed E-state index contributed by atoms with van der Waals surface area (Å²) in [6.45, 7) is 8.14. The first-order valence-electron chi connectivity index (χ1n) is 5.52. The summed E-state index contributed by atoms with van der Waals surface area (Å²) < 4.78 is 5.35. The Hall–Kier alpha value is -0.340. The minimum atomic E-state index is 0.667. The molecule has 14 heavy (non-hydrogen) atoms. The Labute approximate surface area is 88.7 Å². The van der Waals surface area contributed by atoms with Crippen molar-refractivity contribution in [3.05, 3.63) is 11.6 Å². The zero-order valence-corrected chi connectivity index (χ0v) is 10.1. The van der Waals surface area contributed by atoms with Gasteiger partial charge in [-0.15, -0.1) is 0 Å². The standard InChI is InChI=1S/C12H25NO/c1-11(2)6-5-7-12(3)8-9-14-10-13-4/h6,12-13H,5,7-10H2,1-4H3. The van der Waals surface area contributed by atoms with Gasteiger partial charge in [0.15, 0.2) is 0 Å². The molecule has 0 saturated carbocycles. The molecular formula is C12H25NO. The number of hydrogen-bond donors (Lipinski definition) is 1. The van der Waals surface area contributed by atoms with E-state index in [1.54, 1.807) is 0 Å². The van der Waals surface area contributed by atoms with Gasteiger partial charge in [0.05, 0.1) is 6.73 Å². The lowest BCUT2D eigenvalue weighted by Crippen LogP contribution is -2.13. The van der Waals surface area contributed by atoms with Crippen molar-refractivity contribution in [2.75, 3.05) is 20.4 Å². The van der Waals surface area contributed by atoms with Crippen LogP contribution in [0.15, 0.2) is 11.6 Å². The van der Waals surface area contributed by atoms with E-state index in [4.69, 9.17) is 4.74 Å². The lowest BCUT2D eigenvalue weighted by atomic mass is 10.0. The van der Waals surface area contributed by atoms with Gasteiger partial charge in [0.1, 0.15) is 0 Å². The molecule has 0 radical (unpaired) electrons. The average molecular weight is 199 g/mol. The van der Waals surface area contributed by atoms with Crippen LogP contribution in [0.2, 0.25) is 0 Å². The molecule has 0 fully saturated rings. The van der Waals surface area contributed by atoms with Crippen LogP contribution in [-0.4, -0.2) is 20.4 Å². The van der Waals surface area contributed by atoms with Crippen LogP contribution in [0, 0.1) is 5.92 Å². The lowest BCUT2D eigenvalue weighted by molar-refractivity contribution is 0.109. The van der Waals surface area contributed by atoms with Gasteiger partial charge in [0, 0.05) is 6.61 Å². The molecule has 1 atom stereocenters. The summed E-state index contributed by atoms with van der Waals surface area (Å²) in [4.78, 5) is 0. The Balaban J connectivity index is 3.28. The highest BCUT2D eigenvalue weighted by molar-refractivity contribution is 4.92. The second-order valence-corrected chi connectivity index (χ2v) is 4.16. The second-order valence-electron chi connectivity index (χ2n) is 4.16. The van der Waals surface area contributed by atoms with Crippen LogP contribution in [0.1, 0.15) is 40.0 Å². The summed E-state index contributed by atoms with van der Waals surface area (Å²) in [5.74, 6) is 0.766. The van der Waals surface area contributed by atoms with Crippen LogP contribution in [-0.2, 0) is 4.74 Å². The van der Waals surface area contributed by atoms with E-state index in [-0.39, 0.29) is 0 Å². The van der Waals surface area contributed by atoms with Crippen LogP contribution in [0.5, 0.6) is 0 Å². The van der Waals surface area contributed by atoms with Crippen molar-refractivity contribution in [3.8, 4) is 0 Å². The van der Waals surface area contributed by atoms with Gasteiger partial charge >= 0.3 is 0 Å². The van der Waals surface area contributed by atoms with Crippen molar-refractivity contribution in [2.45, 2.75) is 40.0 Å². The van der Waals surface area contributed by atoms with Gasteiger partial charge in [-0.2, -0.15) is 0 Å². The molecule has 84 valence electrons. The van der Waals surface area contributed by atoms with Gasteiger partial charge in [-0.25, -0.2) is 0 Å². The van der Waals surface area contributed by atoms with Crippen molar-refractivity contribution in [3.63, 3.8) is 0 Å². The Bertz CT molecular complexity index is 150. The molecule has 2 heteroatoms. The first kappa shape index (κ1) is 13.7. The van der Waals surface area contributed by atoms with E-state index >= 15 is 0 Å². The fourth-order valence-corrected chi connectivity index (χ4v) is 1.26. The molecule has 0 spiro atoms. The number of nitrogens with one attached hydrogen (secondary N) is 1. The van der Waals surface area contributed by atoms with Gasteiger partial charge in [-0.1, -0.05) is 18.6 Å². The number of rotatable bonds is 8. The fourth-order valence-electron chi connectivity index (χ4n) is 1.26. The monoisotopic (exact) mass is 199 g/mol. The summed E-state index contributed by atoms with van der Waals surface area (Å²) in [6, 6.07) is 0. The maximum Gasteiger partial charge on any atom is 0.0962 e. The molecule has 0 aromatic heterocycles. The molecule has 0 aliphatic rings. The molecule has 1 unspecified atom stereocenters. The van der Waals surface area contributed by atoms with Crippen molar-refractivity contribution < 1.29 is 4.74 Å². The molecule has 0 aromatic rings. The van der Waals surface area contributed by atoms with Crippen LogP contribution in [0.3, 0.4) is 0 Å². The highest BCUT2D eigenvalue weighted by Gasteiger charge is 2.00. The Morgan fingerprint density at radius 1 is 1.36 bits per heavy atom. The molecule has 1 N–H and O–H groups in total. The molecule has 0 aromatic carbocycles. The SMILES string of the molecule is CNCOCCC(C)CCC=C(C)C. The van der Waals surface area contributed by atoms with E-state index in [1.807, 2.05) is 7.05 Å². The predicted molar refractivity (Wildman–Crippen MR) is 62.3 cm³/mol. The molecule has 0 rings (SSSR count). The van der Waals surface area contributed by atoms with E-state index < -0.39 is 0 Å². The smallest absolute Gasteiger partial charge is 0.0962 e. The first-order chi connectivity index (χ1) is 6.66. The van der Waals surface area contributed by atoms with Crippen LogP contribution in [0.4, 0.5) is 0 Å². The van der Waals surface area contributed by atoms with Crippen molar-refractivity contribution in [1.29, 1.82) is 0 Å². The summed E-state index contributed by atoms with van der Waals surface area (Å²) >= 11 is 0. The van der Waals surface area contributed by atoms with Gasteiger partial charge in [-0.05, 0) is 46.1 Å². The number of hydrogen-bond acceptors (Lipinski definition) is 2. The van der Waals surface area contributed by atoms with Crippen molar-refractivity contribution >= 4 is 0 Å². The highest BCUT2D eigenvalue weighted by Crippen LogP contribution is 2.11. The number of ether oxygens (including phenoxy) is 1. The Morgan fingerprint density at radius 3 is 2.64 bits per heavy atom. The Kier molecular flexibility index (Phi) is 9.00. The quantitative estimate of drug-likeness (QED) is 0.369. The molecule has 0 amide bonds. The van der Waals surface area contributed by atoms with Crippen molar-refractivity contribution in [2.24, 2.45) is 5.92 Å². The fraction of sp³-hybridized carbons (Fsp3) is 0.833. The van der Waals surface area contributed by atoms with Gasteiger partial charge < -0.3 is 4.74 Å². The van der Waals surface area contributed by atoms with E-state index in [2.05, 4.69) is 32.2 Å². The van der Waals surface area contributed by atoms with Gasteiger partial charge in [-0.3, -0.25) is 5.32 Å². The van der Waals surface area contributed by atoms with E-state index in [0.29, 0.717) is 6.73 Å². The zero-order valence-electron chi connectivity index (χ0n) is 10.1. The summed E-state index contributed by atoms with van der Waals surface area (Å²) in [6.07, 6.45) is 5.95. The number of allylic oxidation sites excluding steroid dienone is 2. The summed E-state index contributed by atoms with van der Waals surface area (Å²) in [5.41, 5.74) is 1.42. The minimum absolute atomic E-state index is 0.667. The van der Waals surface area contributed by atoms with E-state index in [9.17, 15) is 0 Å².